The van der Waals surface area contributed by atoms with Crippen molar-refractivity contribution < 1.29 is 14.3 Å². The number of unbranched alkanes of at least 4 members (excludes halogenated alkanes) is 15. The number of nitrogens with one attached hydrogen (secondary N) is 2. The number of carbonyl (C=O) groups is 2. The lowest BCUT2D eigenvalue weighted by molar-refractivity contribution is -0.121. The molecule has 0 radical (unpaired) electrons. The number of nitrogens with zero attached hydrogens (tertiary/aromatic N) is 1. The molecule has 1 aromatic carbocycles. The second-order valence-electron chi connectivity index (χ2n) is 11.2. The van der Waals surface area contributed by atoms with E-state index < -0.39 is 6.09 Å². The molecule has 0 bridgehead atoms. The predicted molar refractivity (Wildman–Crippen MR) is 165 cm³/mol. The van der Waals surface area contributed by atoms with E-state index in [0.717, 1.165) is 37.1 Å². The fraction of sp³-hybridized carbons (Fsp3) is 0.758. The number of ether oxygens (including phenoxy) is 1. The Morgan fingerprint density at radius 2 is 1.28 bits per heavy atom. The highest BCUT2D eigenvalue weighted by atomic mass is 16.5. The third-order valence-corrected chi connectivity index (χ3v) is 7.21. The average Bonchev–Trinajstić information content (AvgIpc) is 2.92. The quantitative estimate of drug-likeness (QED) is 0.121. The lowest BCUT2D eigenvalue weighted by atomic mass is 10.0. The Morgan fingerprint density at radius 3 is 1.85 bits per heavy atom. The van der Waals surface area contributed by atoms with Gasteiger partial charge < -0.3 is 15.0 Å². The Hall–Kier alpha value is -2.08. The highest BCUT2D eigenvalue weighted by molar-refractivity contribution is 5.86. The van der Waals surface area contributed by atoms with Crippen molar-refractivity contribution in [3.63, 3.8) is 0 Å². The number of para-hydroxylation sites is 1. The molecule has 0 fully saturated rings. The zero-order chi connectivity index (χ0) is 28.4. The summed E-state index contributed by atoms with van der Waals surface area (Å²) in [5, 5.41) is 5.82. The van der Waals surface area contributed by atoms with Gasteiger partial charge in [0.1, 0.15) is 0 Å². The van der Waals surface area contributed by atoms with E-state index in [1.807, 2.05) is 38.4 Å². The lowest BCUT2D eigenvalue weighted by Gasteiger charge is -2.12. The van der Waals surface area contributed by atoms with Crippen LogP contribution in [0.2, 0.25) is 0 Å². The first-order valence-corrected chi connectivity index (χ1v) is 16.0. The van der Waals surface area contributed by atoms with E-state index >= 15 is 0 Å². The van der Waals surface area contributed by atoms with E-state index in [0.29, 0.717) is 26.0 Å². The molecule has 6 nitrogen and oxygen atoms in total. The zero-order valence-corrected chi connectivity index (χ0v) is 25.5. The number of carbonyl (C=O) groups excluding carboxylic acids is 2. The van der Waals surface area contributed by atoms with Gasteiger partial charge in [0.15, 0.2) is 0 Å². The van der Waals surface area contributed by atoms with Crippen LogP contribution in [0.1, 0.15) is 128 Å². The van der Waals surface area contributed by atoms with Crippen molar-refractivity contribution >= 4 is 17.7 Å². The molecule has 0 spiro atoms. The highest BCUT2D eigenvalue weighted by Gasteiger charge is 2.09. The van der Waals surface area contributed by atoms with Crippen LogP contribution >= 0.6 is 0 Å². The molecule has 1 aromatic rings. The van der Waals surface area contributed by atoms with Crippen molar-refractivity contribution in [3.05, 3.63) is 29.8 Å². The summed E-state index contributed by atoms with van der Waals surface area (Å²) < 4.78 is 5.40. The molecule has 0 unspecified atom stereocenters. The van der Waals surface area contributed by atoms with Gasteiger partial charge in [-0.3, -0.25) is 10.1 Å². The second-order valence-corrected chi connectivity index (χ2v) is 11.2. The van der Waals surface area contributed by atoms with Crippen molar-refractivity contribution in [1.29, 1.82) is 0 Å². The minimum Gasteiger partial charge on any atom is -0.449 e. The first-order valence-electron chi connectivity index (χ1n) is 16.0. The summed E-state index contributed by atoms with van der Waals surface area (Å²) in [6, 6.07) is 7.62. The Balaban J connectivity index is 2.02. The molecule has 224 valence electrons. The molecule has 0 heterocycles. The van der Waals surface area contributed by atoms with Gasteiger partial charge in [-0.05, 0) is 51.5 Å². The molecule has 39 heavy (non-hydrogen) atoms. The maximum absolute atomic E-state index is 12.3. The molecular weight excluding hydrogens is 486 g/mol. The van der Waals surface area contributed by atoms with E-state index in [4.69, 9.17) is 4.74 Å². The minimum absolute atomic E-state index is 0.0367. The van der Waals surface area contributed by atoms with Crippen molar-refractivity contribution in [2.24, 2.45) is 0 Å². The molecule has 0 aromatic heterocycles. The Kier molecular flexibility index (Phi) is 22.3. The number of aryl methyl sites for hydroxylation is 1. The normalized spacial score (nSPS) is 11.1. The zero-order valence-electron chi connectivity index (χ0n) is 25.5. The molecule has 2 amide bonds. The van der Waals surface area contributed by atoms with Gasteiger partial charge >= 0.3 is 6.09 Å². The minimum atomic E-state index is -0.420. The maximum atomic E-state index is 12.3. The fourth-order valence-corrected chi connectivity index (χ4v) is 4.78. The van der Waals surface area contributed by atoms with Crippen LogP contribution in [0.15, 0.2) is 24.3 Å². The standard InChI is InChI=1S/C33H59N3O3/c1-4-5-6-7-8-9-10-11-12-13-14-15-16-17-18-21-29-39-33(38)35-31-24-20-19-23-30(31)25-26-32(37)34-27-22-28-36(2)3/h19-20,23-24H,4-18,21-22,25-29H2,1-3H3,(H,34,37)(H,35,38). The molecule has 0 aliphatic rings. The topological polar surface area (TPSA) is 70.7 Å². The van der Waals surface area contributed by atoms with E-state index in [-0.39, 0.29) is 5.91 Å². The molecule has 0 aliphatic carbocycles. The summed E-state index contributed by atoms with van der Waals surface area (Å²) in [5.74, 6) is 0.0367. The van der Waals surface area contributed by atoms with Gasteiger partial charge in [-0.15, -0.1) is 0 Å². The number of benzene rings is 1. The first kappa shape index (κ1) is 34.9. The van der Waals surface area contributed by atoms with Crippen molar-refractivity contribution in [2.45, 2.75) is 129 Å². The molecule has 0 saturated carbocycles. The summed E-state index contributed by atoms with van der Waals surface area (Å²) in [6.45, 7) is 4.36. The summed E-state index contributed by atoms with van der Waals surface area (Å²) in [6.07, 6.45) is 22.7. The average molecular weight is 546 g/mol. The number of rotatable bonds is 25. The van der Waals surface area contributed by atoms with Crippen molar-refractivity contribution in [3.8, 4) is 0 Å². The molecule has 6 heteroatoms. The highest BCUT2D eigenvalue weighted by Crippen LogP contribution is 2.18. The van der Waals surface area contributed by atoms with Crippen LogP contribution < -0.4 is 10.6 Å². The summed E-state index contributed by atoms with van der Waals surface area (Å²) in [5.41, 5.74) is 1.66. The van der Waals surface area contributed by atoms with Crippen LogP contribution in [0.5, 0.6) is 0 Å². The second kappa shape index (κ2) is 24.9. The Morgan fingerprint density at radius 1 is 0.744 bits per heavy atom. The first-order chi connectivity index (χ1) is 19.0. The van der Waals surface area contributed by atoms with E-state index in [1.165, 1.54) is 89.9 Å². The van der Waals surface area contributed by atoms with Crippen molar-refractivity contribution in [2.75, 3.05) is 39.1 Å². The van der Waals surface area contributed by atoms with Crippen molar-refractivity contribution in [1.82, 2.24) is 10.2 Å². The van der Waals surface area contributed by atoms with Gasteiger partial charge in [0, 0.05) is 18.7 Å². The molecule has 1 rings (SSSR count). The van der Waals surface area contributed by atoms with Crippen LogP contribution in [-0.4, -0.2) is 50.7 Å². The van der Waals surface area contributed by atoms with Crippen LogP contribution in [0, 0.1) is 0 Å². The fourth-order valence-electron chi connectivity index (χ4n) is 4.78. The van der Waals surface area contributed by atoms with E-state index in [1.54, 1.807) is 0 Å². The molecule has 0 saturated heterocycles. The molecule has 0 aliphatic heterocycles. The number of anilines is 1. The monoisotopic (exact) mass is 545 g/mol. The van der Waals surface area contributed by atoms with Crippen LogP contribution in [0.25, 0.3) is 0 Å². The third-order valence-electron chi connectivity index (χ3n) is 7.21. The maximum Gasteiger partial charge on any atom is 0.411 e. The Bertz CT molecular complexity index is 739. The van der Waals surface area contributed by atoms with Crippen LogP contribution in [0.4, 0.5) is 10.5 Å². The van der Waals surface area contributed by atoms with Gasteiger partial charge in [-0.25, -0.2) is 4.79 Å². The van der Waals surface area contributed by atoms with Crippen LogP contribution in [-0.2, 0) is 16.0 Å². The van der Waals surface area contributed by atoms with Crippen LogP contribution in [0.3, 0.4) is 0 Å². The van der Waals surface area contributed by atoms with Gasteiger partial charge in [0.25, 0.3) is 0 Å². The van der Waals surface area contributed by atoms with Gasteiger partial charge in [0.2, 0.25) is 5.91 Å². The smallest absolute Gasteiger partial charge is 0.411 e. The van der Waals surface area contributed by atoms with Gasteiger partial charge in [0.05, 0.1) is 6.61 Å². The summed E-state index contributed by atoms with van der Waals surface area (Å²) in [7, 11) is 4.05. The van der Waals surface area contributed by atoms with Gasteiger partial charge in [-0.1, -0.05) is 121 Å². The third kappa shape index (κ3) is 21.4. The summed E-state index contributed by atoms with van der Waals surface area (Å²) in [4.78, 5) is 26.5. The number of hydrogen-bond donors (Lipinski definition) is 2. The molecule has 2 N–H and O–H groups in total. The van der Waals surface area contributed by atoms with Gasteiger partial charge in [-0.2, -0.15) is 0 Å². The van der Waals surface area contributed by atoms with E-state index in [9.17, 15) is 9.59 Å². The molecule has 0 atom stereocenters. The largest absolute Gasteiger partial charge is 0.449 e. The predicted octanol–water partition coefficient (Wildman–Crippen LogP) is 8.50. The lowest BCUT2D eigenvalue weighted by Crippen LogP contribution is -2.27. The summed E-state index contributed by atoms with van der Waals surface area (Å²) >= 11 is 0. The number of amides is 2. The SMILES string of the molecule is CCCCCCCCCCCCCCCCCCOC(=O)Nc1ccccc1CCC(=O)NCCCN(C)C. The van der Waals surface area contributed by atoms with E-state index in [2.05, 4.69) is 22.5 Å². The number of hydrogen-bond acceptors (Lipinski definition) is 4. The molecular formula is C33H59N3O3. The Labute approximate surface area is 240 Å².